The molecular weight excluding hydrogens is 530 g/mol. The van der Waals surface area contributed by atoms with Crippen LogP contribution >= 0.6 is 0 Å². The van der Waals surface area contributed by atoms with Crippen LogP contribution in [0, 0.1) is 5.92 Å². The van der Waals surface area contributed by atoms with Gasteiger partial charge in [0.05, 0.1) is 5.56 Å². The maximum absolute atomic E-state index is 13.9. The molecule has 9 heteroatoms. The Morgan fingerprint density at radius 1 is 1.02 bits per heavy atom. The van der Waals surface area contributed by atoms with Gasteiger partial charge in [-0.2, -0.15) is 0 Å². The molecule has 2 aliphatic heterocycles. The lowest BCUT2D eigenvalue weighted by atomic mass is 9.91. The first-order valence-electron chi connectivity index (χ1n) is 15.2. The number of hydrogen-bond donors (Lipinski definition) is 1. The highest BCUT2D eigenvalue weighted by Gasteiger charge is 2.40. The molecule has 2 fully saturated rings. The Morgan fingerprint density at radius 3 is 2.38 bits per heavy atom. The van der Waals surface area contributed by atoms with Gasteiger partial charge in [0, 0.05) is 55.6 Å². The minimum Gasteiger partial charge on any atom is -0.488 e. The largest absolute Gasteiger partial charge is 0.488 e. The van der Waals surface area contributed by atoms with E-state index in [9.17, 15) is 14.4 Å². The number of aromatic nitrogens is 1. The molecule has 42 heavy (non-hydrogen) atoms. The number of benzene rings is 1. The standard InChI is InChI=1S/C33H47N5O4/c1-23(2)20-26(31(40)38-15-9-11-27(38)32(41)37-18-16-36(6)17-19-37)35-30(39)25-10-7-8-12-28(25)42-22-24-13-14-29(34-21-24)33(3,4)5/h7-8,10,12-14,21,23,26-27H,9,11,15-20,22H2,1-6H3,(H,35,39)/t26-,27-/m1/s1. The lowest BCUT2D eigenvalue weighted by Gasteiger charge is -2.36. The first-order chi connectivity index (χ1) is 19.9. The van der Waals surface area contributed by atoms with Gasteiger partial charge in [-0.25, -0.2) is 0 Å². The van der Waals surface area contributed by atoms with Gasteiger partial charge in [-0.05, 0) is 50.4 Å². The summed E-state index contributed by atoms with van der Waals surface area (Å²) in [4.78, 5) is 51.2. The van der Waals surface area contributed by atoms with Crippen LogP contribution in [0.3, 0.4) is 0 Å². The summed E-state index contributed by atoms with van der Waals surface area (Å²) in [5, 5.41) is 2.99. The summed E-state index contributed by atoms with van der Waals surface area (Å²) in [6.45, 7) is 14.2. The molecule has 0 aliphatic carbocycles. The molecule has 1 aromatic carbocycles. The van der Waals surface area contributed by atoms with Crippen LogP contribution in [0.2, 0.25) is 0 Å². The molecule has 9 nitrogen and oxygen atoms in total. The van der Waals surface area contributed by atoms with Crippen LogP contribution in [0.15, 0.2) is 42.6 Å². The van der Waals surface area contributed by atoms with E-state index in [-0.39, 0.29) is 35.7 Å². The van der Waals surface area contributed by atoms with E-state index in [0.717, 1.165) is 30.8 Å². The number of pyridine rings is 1. The highest BCUT2D eigenvalue weighted by Crippen LogP contribution is 2.25. The molecule has 2 saturated heterocycles. The summed E-state index contributed by atoms with van der Waals surface area (Å²) in [6, 6.07) is 9.86. The molecule has 2 aromatic rings. The average molecular weight is 578 g/mol. The van der Waals surface area contributed by atoms with Gasteiger partial charge in [-0.3, -0.25) is 19.4 Å². The zero-order valence-electron chi connectivity index (χ0n) is 26.1. The second kappa shape index (κ2) is 13.7. The van der Waals surface area contributed by atoms with E-state index >= 15 is 0 Å². The molecule has 2 atom stereocenters. The Morgan fingerprint density at radius 2 is 1.74 bits per heavy atom. The molecule has 2 aliphatic rings. The smallest absolute Gasteiger partial charge is 0.255 e. The number of likely N-dealkylation sites (tertiary alicyclic amines) is 1. The third-order valence-electron chi connectivity index (χ3n) is 8.07. The zero-order chi connectivity index (χ0) is 30.4. The summed E-state index contributed by atoms with van der Waals surface area (Å²) in [6.07, 6.45) is 3.71. The minimum absolute atomic E-state index is 0.0207. The summed E-state index contributed by atoms with van der Waals surface area (Å²) in [5.74, 6) is 0.0726. The number of carbonyl (C=O) groups is 3. The number of likely N-dealkylation sites (N-methyl/N-ethyl adjacent to an activating group) is 1. The van der Waals surface area contributed by atoms with Crippen molar-refractivity contribution < 1.29 is 19.1 Å². The molecular formula is C33H47N5O4. The van der Waals surface area contributed by atoms with Gasteiger partial charge in [0.1, 0.15) is 24.4 Å². The van der Waals surface area contributed by atoms with Crippen molar-refractivity contribution in [3.8, 4) is 5.75 Å². The molecule has 1 aromatic heterocycles. The van der Waals surface area contributed by atoms with E-state index in [1.807, 2.05) is 36.9 Å². The molecule has 0 radical (unpaired) electrons. The van der Waals surface area contributed by atoms with Crippen LogP contribution in [-0.4, -0.2) is 89.3 Å². The number of amides is 3. The Hall–Kier alpha value is -3.46. The maximum Gasteiger partial charge on any atom is 0.255 e. The normalized spacial score (nSPS) is 18.7. The van der Waals surface area contributed by atoms with Crippen molar-refractivity contribution in [1.29, 1.82) is 0 Å². The van der Waals surface area contributed by atoms with E-state index in [2.05, 4.69) is 43.0 Å². The maximum atomic E-state index is 13.9. The number of ether oxygens (including phenoxy) is 1. The van der Waals surface area contributed by atoms with E-state index in [1.165, 1.54) is 0 Å². The highest BCUT2D eigenvalue weighted by molar-refractivity contribution is 6.00. The molecule has 0 unspecified atom stereocenters. The number of hydrogen-bond acceptors (Lipinski definition) is 6. The first kappa shape index (κ1) is 31.5. The second-order valence-corrected chi connectivity index (χ2v) is 13.1. The number of rotatable bonds is 9. The predicted molar refractivity (Wildman–Crippen MR) is 163 cm³/mol. The van der Waals surface area contributed by atoms with Crippen LogP contribution < -0.4 is 10.1 Å². The molecule has 0 saturated carbocycles. The van der Waals surface area contributed by atoms with Crippen LogP contribution in [0.4, 0.5) is 0 Å². The number of nitrogens with zero attached hydrogens (tertiary/aromatic N) is 4. The molecule has 4 rings (SSSR count). The number of nitrogens with one attached hydrogen (secondary N) is 1. The SMILES string of the molecule is CC(C)C[C@@H](NC(=O)c1ccccc1OCc1ccc(C(C)(C)C)nc1)C(=O)N1CCC[C@@H]1C(=O)N1CCN(C)CC1. The van der Waals surface area contributed by atoms with Gasteiger partial charge >= 0.3 is 0 Å². The summed E-state index contributed by atoms with van der Waals surface area (Å²) in [7, 11) is 2.05. The fourth-order valence-corrected chi connectivity index (χ4v) is 5.55. The monoisotopic (exact) mass is 577 g/mol. The third-order valence-corrected chi connectivity index (χ3v) is 8.07. The molecule has 3 amide bonds. The van der Waals surface area contributed by atoms with Gasteiger partial charge in [0.15, 0.2) is 0 Å². The van der Waals surface area contributed by atoms with Crippen molar-refractivity contribution in [2.75, 3.05) is 39.8 Å². The average Bonchev–Trinajstić information content (AvgIpc) is 3.45. The van der Waals surface area contributed by atoms with Gasteiger partial charge < -0.3 is 24.8 Å². The molecule has 0 bridgehead atoms. The Labute approximate surface area is 250 Å². The van der Waals surface area contributed by atoms with E-state index < -0.39 is 12.1 Å². The van der Waals surface area contributed by atoms with Crippen molar-refractivity contribution >= 4 is 17.7 Å². The zero-order valence-corrected chi connectivity index (χ0v) is 26.1. The minimum atomic E-state index is -0.736. The lowest BCUT2D eigenvalue weighted by Crippen LogP contribution is -2.56. The summed E-state index contributed by atoms with van der Waals surface area (Å²) in [5.41, 5.74) is 2.22. The van der Waals surface area contributed by atoms with Gasteiger partial charge in [0.2, 0.25) is 11.8 Å². The van der Waals surface area contributed by atoms with Crippen LogP contribution in [0.1, 0.15) is 75.5 Å². The molecule has 1 N–H and O–H groups in total. The van der Waals surface area contributed by atoms with Crippen molar-refractivity contribution in [1.82, 2.24) is 25.0 Å². The van der Waals surface area contributed by atoms with Crippen LogP contribution in [0.25, 0.3) is 0 Å². The Bertz CT molecular complexity index is 1230. The van der Waals surface area contributed by atoms with Crippen LogP contribution in [0.5, 0.6) is 5.75 Å². The van der Waals surface area contributed by atoms with Gasteiger partial charge in [-0.1, -0.05) is 52.8 Å². The number of piperazine rings is 1. The third kappa shape index (κ3) is 7.88. The van der Waals surface area contributed by atoms with E-state index in [4.69, 9.17) is 4.74 Å². The fourth-order valence-electron chi connectivity index (χ4n) is 5.55. The summed E-state index contributed by atoms with van der Waals surface area (Å²) >= 11 is 0. The van der Waals surface area contributed by atoms with Crippen molar-refractivity contribution in [2.24, 2.45) is 5.92 Å². The Kier molecular flexibility index (Phi) is 10.2. The first-order valence-corrected chi connectivity index (χ1v) is 15.2. The lowest BCUT2D eigenvalue weighted by molar-refractivity contribution is -0.145. The van der Waals surface area contributed by atoms with Gasteiger partial charge in [-0.15, -0.1) is 0 Å². The fraction of sp³-hybridized carbons (Fsp3) is 0.576. The van der Waals surface area contributed by atoms with Gasteiger partial charge in [0.25, 0.3) is 5.91 Å². The molecule has 3 heterocycles. The van der Waals surface area contributed by atoms with Crippen molar-refractivity contribution in [3.05, 3.63) is 59.4 Å². The van der Waals surface area contributed by atoms with E-state index in [0.29, 0.717) is 43.8 Å². The quantitative estimate of drug-likeness (QED) is 0.486. The van der Waals surface area contributed by atoms with Crippen molar-refractivity contribution in [2.45, 2.75) is 78.0 Å². The second-order valence-electron chi connectivity index (χ2n) is 13.1. The van der Waals surface area contributed by atoms with E-state index in [1.54, 1.807) is 29.3 Å². The molecule has 228 valence electrons. The topological polar surface area (TPSA) is 95.1 Å². The summed E-state index contributed by atoms with van der Waals surface area (Å²) < 4.78 is 6.07. The number of carbonyl (C=O) groups excluding carboxylic acids is 3. The van der Waals surface area contributed by atoms with Crippen LogP contribution in [-0.2, 0) is 21.6 Å². The van der Waals surface area contributed by atoms with Crippen molar-refractivity contribution in [3.63, 3.8) is 0 Å². The predicted octanol–water partition coefficient (Wildman–Crippen LogP) is 3.87. The highest BCUT2D eigenvalue weighted by atomic mass is 16.5. The number of para-hydroxylation sites is 1. The molecule has 0 spiro atoms. The Balaban J connectivity index is 1.45.